The number of rotatable bonds is 34. The second-order valence-corrected chi connectivity index (χ2v) is 14.1. The first-order valence-electron chi connectivity index (χ1n) is 19.3. The van der Waals surface area contributed by atoms with Crippen molar-refractivity contribution in [2.75, 3.05) is 13.1 Å². The van der Waals surface area contributed by atoms with E-state index in [2.05, 4.69) is 39.5 Å². The van der Waals surface area contributed by atoms with Crippen LogP contribution in [0.4, 0.5) is 0 Å². The Morgan fingerprint density at radius 2 is 0.525 bits per heavy atom. The molecule has 0 aliphatic heterocycles. The van der Waals surface area contributed by atoms with Gasteiger partial charge in [-0.3, -0.25) is 4.90 Å². The Morgan fingerprint density at radius 1 is 0.300 bits per heavy atom. The van der Waals surface area contributed by atoms with E-state index < -0.39 is 0 Å². The van der Waals surface area contributed by atoms with Crippen LogP contribution in [0.15, 0.2) is 0 Å². The zero-order valence-electron chi connectivity index (χ0n) is 29.3. The Labute approximate surface area is 256 Å². The van der Waals surface area contributed by atoms with Crippen molar-refractivity contribution in [1.82, 2.24) is 4.90 Å². The number of hydrogen-bond acceptors (Lipinski definition) is 1. The van der Waals surface area contributed by atoms with Crippen LogP contribution in [-0.2, 0) is 0 Å². The molecule has 0 fully saturated rings. The molecule has 1 nitrogen and oxygen atoms in total. The Hall–Kier alpha value is -0.0400. The quantitative estimate of drug-likeness (QED) is 0.0704. The molecule has 0 unspecified atom stereocenters. The van der Waals surface area contributed by atoms with Crippen molar-refractivity contribution in [3.63, 3.8) is 0 Å². The van der Waals surface area contributed by atoms with Crippen LogP contribution in [0.3, 0.4) is 0 Å². The van der Waals surface area contributed by atoms with E-state index in [-0.39, 0.29) is 0 Å². The molecule has 0 aliphatic carbocycles. The van der Waals surface area contributed by atoms with E-state index in [0.717, 1.165) is 0 Å². The van der Waals surface area contributed by atoms with E-state index >= 15 is 0 Å². The fourth-order valence-electron chi connectivity index (χ4n) is 6.50. The van der Waals surface area contributed by atoms with Gasteiger partial charge in [0.15, 0.2) is 0 Å². The van der Waals surface area contributed by atoms with Gasteiger partial charge in [-0.2, -0.15) is 0 Å². The molecule has 0 aromatic carbocycles. The highest BCUT2D eigenvalue weighted by Gasteiger charge is 2.25. The summed E-state index contributed by atoms with van der Waals surface area (Å²) in [6.07, 6.45) is 44.7. The van der Waals surface area contributed by atoms with Crippen LogP contribution in [0, 0.1) is 0 Å². The molecule has 0 spiro atoms. The third-order valence-corrected chi connectivity index (χ3v) is 9.56. The van der Waals surface area contributed by atoms with Crippen molar-refractivity contribution < 1.29 is 0 Å². The highest BCUT2D eigenvalue weighted by molar-refractivity contribution is 4.81. The SMILES string of the molecule is CCCCCCCCCCCCCCN(CCCCCCCCCCCCCC)C(C)(C)CCCCCCCC. The molecule has 40 heavy (non-hydrogen) atoms. The maximum atomic E-state index is 2.91. The van der Waals surface area contributed by atoms with Gasteiger partial charge in [-0.1, -0.05) is 201 Å². The molecule has 1 heteroatoms. The molecule has 0 rings (SSSR count). The van der Waals surface area contributed by atoms with Crippen molar-refractivity contribution in [2.24, 2.45) is 0 Å². The summed E-state index contributed by atoms with van der Waals surface area (Å²) in [6, 6.07) is 0. The van der Waals surface area contributed by atoms with Gasteiger partial charge in [0.05, 0.1) is 0 Å². The fraction of sp³-hybridized carbons (Fsp3) is 1.00. The fourth-order valence-corrected chi connectivity index (χ4v) is 6.50. The Kier molecular flexibility index (Phi) is 31.9. The molecule has 0 amide bonds. The van der Waals surface area contributed by atoms with Crippen LogP contribution in [0.1, 0.15) is 234 Å². The summed E-state index contributed by atoms with van der Waals surface area (Å²) in [5.74, 6) is 0. The highest BCUT2D eigenvalue weighted by atomic mass is 15.2. The van der Waals surface area contributed by atoms with Gasteiger partial charge in [0.2, 0.25) is 0 Å². The van der Waals surface area contributed by atoms with Gasteiger partial charge in [-0.25, -0.2) is 0 Å². The van der Waals surface area contributed by atoms with Gasteiger partial charge in [-0.05, 0) is 46.2 Å². The molecule has 0 saturated carbocycles. The lowest BCUT2D eigenvalue weighted by atomic mass is 9.93. The van der Waals surface area contributed by atoms with Gasteiger partial charge in [0.25, 0.3) is 0 Å². The number of unbranched alkanes of at least 4 members (excludes halogenated alkanes) is 27. The molecule has 0 bridgehead atoms. The standard InChI is InChI=1S/C39H81N/c1-6-9-12-15-18-20-22-24-26-28-31-34-37-40(39(4,5)36-33-30-17-14-11-8-3)38-35-32-29-27-25-23-21-19-16-13-10-7-2/h6-38H2,1-5H3. The van der Waals surface area contributed by atoms with Crippen LogP contribution < -0.4 is 0 Å². The first-order chi connectivity index (χ1) is 19.6. The van der Waals surface area contributed by atoms with Crippen LogP contribution in [0.25, 0.3) is 0 Å². The van der Waals surface area contributed by atoms with E-state index in [0.29, 0.717) is 5.54 Å². The van der Waals surface area contributed by atoms with E-state index in [4.69, 9.17) is 0 Å². The summed E-state index contributed by atoms with van der Waals surface area (Å²) < 4.78 is 0. The number of hydrogen-bond donors (Lipinski definition) is 0. The minimum atomic E-state index is 0.375. The lowest BCUT2D eigenvalue weighted by Gasteiger charge is -2.39. The first kappa shape index (κ1) is 40.0. The lowest BCUT2D eigenvalue weighted by molar-refractivity contribution is 0.102. The molecule has 242 valence electrons. The maximum absolute atomic E-state index is 2.91. The molecular weight excluding hydrogens is 482 g/mol. The summed E-state index contributed by atoms with van der Waals surface area (Å²) >= 11 is 0. The predicted molar refractivity (Wildman–Crippen MR) is 186 cm³/mol. The smallest absolute Gasteiger partial charge is 0.0153 e. The Balaban J connectivity index is 4.14. The third kappa shape index (κ3) is 28.1. The maximum Gasteiger partial charge on any atom is 0.0153 e. The average molecular weight is 564 g/mol. The van der Waals surface area contributed by atoms with Crippen LogP contribution in [-0.4, -0.2) is 23.5 Å². The van der Waals surface area contributed by atoms with Gasteiger partial charge in [-0.15, -0.1) is 0 Å². The van der Waals surface area contributed by atoms with Crippen molar-refractivity contribution in [1.29, 1.82) is 0 Å². The molecule has 0 atom stereocenters. The zero-order valence-corrected chi connectivity index (χ0v) is 29.3. The van der Waals surface area contributed by atoms with Gasteiger partial charge in [0.1, 0.15) is 0 Å². The van der Waals surface area contributed by atoms with Gasteiger partial charge >= 0.3 is 0 Å². The Morgan fingerprint density at radius 3 is 0.800 bits per heavy atom. The summed E-state index contributed by atoms with van der Waals surface area (Å²) in [4.78, 5) is 2.91. The van der Waals surface area contributed by atoms with Crippen LogP contribution in [0.5, 0.6) is 0 Å². The van der Waals surface area contributed by atoms with Crippen molar-refractivity contribution in [3.8, 4) is 0 Å². The minimum Gasteiger partial charge on any atom is -0.298 e. The van der Waals surface area contributed by atoms with E-state index in [9.17, 15) is 0 Å². The van der Waals surface area contributed by atoms with Gasteiger partial charge in [0, 0.05) is 5.54 Å². The molecule has 0 radical (unpaired) electrons. The lowest BCUT2D eigenvalue weighted by Crippen LogP contribution is -2.45. The van der Waals surface area contributed by atoms with E-state index in [1.165, 1.54) is 212 Å². The molecule has 0 aromatic rings. The summed E-state index contributed by atoms with van der Waals surface area (Å²) in [7, 11) is 0. The zero-order chi connectivity index (χ0) is 29.4. The van der Waals surface area contributed by atoms with Crippen molar-refractivity contribution >= 4 is 0 Å². The topological polar surface area (TPSA) is 3.24 Å². The predicted octanol–water partition coefficient (Wildman–Crippen LogP) is 14.2. The molecule has 0 aromatic heterocycles. The second kappa shape index (κ2) is 31.9. The molecule has 0 N–H and O–H groups in total. The van der Waals surface area contributed by atoms with Gasteiger partial charge < -0.3 is 0 Å². The molecule has 0 aliphatic rings. The van der Waals surface area contributed by atoms with E-state index in [1.54, 1.807) is 0 Å². The number of nitrogens with zero attached hydrogens (tertiary/aromatic N) is 1. The van der Waals surface area contributed by atoms with Crippen molar-refractivity contribution in [3.05, 3.63) is 0 Å². The Bertz CT molecular complexity index is 428. The molecule has 0 heterocycles. The van der Waals surface area contributed by atoms with Crippen molar-refractivity contribution in [2.45, 2.75) is 239 Å². The summed E-state index contributed by atoms with van der Waals surface area (Å²) in [5, 5.41) is 0. The normalized spacial score (nSPS) is 12.2. The third-order valence-electron chi connectivity index (χ3n) is 9.56. The van der Waals surface area contributed by atoms with E-state index in [1.807, 2.05) is 0 Å². The largest absolute Gasteiger partial charge is 0.298 e. The first-order valence-corrected chi connectivity index (χ1v) is 19.3. The summed E-state index contributed by atoms with van der Waals surface area (Å²) in [6.45, 7) is 14.7. The molecular formula is C39H81N. The minimum absolute atomic E-state index is 0.375. The second-order valence-electron chi connectivity index (χ2n) is 14.1. The van der Waals surface area contributed by atoms with Crippen LogP contribution in [0.2, 0.25) is 0 Å². The average Bonchev–Trinajstić information content (AvgIpc) is 2.94. The monoisotopic (exact) mass is 564 g/mol. The summed E-state index contributed by atoms with van der Waals surface area (Å²) in [5.41, 5.74) is 0.375. The molecule has 0 saturated heterocycles. The van der Waals surface area contributed by atoms with Crippen LogP contribution >= 0.6 is 0 Å². The highest BCUT2D eigenvalue weighted by Crippen LogP contribution is 2.25.